The van der Waals surface area contributed by atoms with Crippen molar-refractivity contribution < 1.29 is 9.53 Å². The lowest BCUT2D eigenvalue weighted by Gasteiger charge is -2.02. The fraction of sp³-hybridized carbons (Fsp3) is 0.0588. The Morgan fingerprint density at radius 1 is 1.10 bits per heavy atom. The van der Waals surface area contributed by atoms with Crippen molar-refractivity contribution in [2.45, 2.75) is 6.92 Å². The highest BCUT2D eigenvalue weighted by Crippen LogP contribution is 2.21. The topological polar surface area (TPSA) is 38.7 Å². The van der Waals surface area contributed by atoms with Gasteiger partial charge in [-0.15, -0.1) is 0 Å². The number of halogens is 1. The van der Waals surface area contributed by atoms with Crippen molar-refractivity contribution in [3.63, 3.8) is 0 Å². The molecular weight excluding hydrogens is 286 g/mol. The first-order valence-electron chi connectivity index (χ1n) is 6.47. The Hall–Kier alpha value is -2.39. The molecule has 3 nitrogen and oxygen atoms in total. The zero-order valence-electron chi connectivity index (χ0n) is 11.3. The van der Waals surface area contributed by atoms with E-state index in [1.54, 1.807) is 18.2 Å². The summed E-state index contributed by atoms with van der Waals surface area (Å²) < 4.78 is 5.25. The Bertz CT molecular complexity index is 761. The highest BCUT2D eigenvalue weighted by atomic mass is 35.5. The van der Waals surface area contributed by atoms with Crippen LogP contribution in [0.25, 0.3) is 6.08 Å². The van der Waals surface area contributed by atoms with Gasteiger partial charge in [0, 0.05) is 10.6 Å². The van der Waals surface area contributed by atoms with Crippen LogP contribution in [0.4, 0.5) is 0 Å². The number of esters is 1. The lowest BCUT2D eigenvalue weighted by Crippen LogP contribution is -2.06. The van der Waals surface area contributed by atoms with Gasteiger partial charge >= 0.3 is 5.97 Å². The van der Waals surface area contributed by atoms with Gasteiger partial charge in [0.05, 0.1) is 0 Å². The maximum absolute atomic E-state index is 11.9. The third-order valence-corrected chi connectivity index (χ3v) is 3.42. The molecule has 0 radical (unpaired) electrons. The number of hydrogen-bond donors (Lipinski definition) is 0. The van der Waals surface area contributed by atoms with Crippen molar-refractivity contribution in [1.29, 1.82) is 0 Å². The van der Waals surface area contributed by atoms with E-state index in [-0.39, 0.29) is 5.70 Å². The molecule has 3 rings (SSSR count). The second-order valence-electron chi connectivity index (χ2n) is 4.70. The van der Waals surface area contributed by atoms with Crippen molar-refractivity contribution in [3.8, 4) is 0 Å². The monoisotopic (exact) mass is 297 g/mol. The zero-order valence-corrected chi connectivity index (χ0v) is 12.1. The molecule has 0 aliphatic carbocycles. The molecule has 21 heavy (non-hydrogen) atoms. The summed E-state index contributed by atoms with van der Waals surface area (Å²) in [6, 6.07) is 14.8. The van der Waals surface area contributed by atoms with E-state index >= 15 is 0 Å². The average Bonchev–Trinajstić information content (AvgIpc) is 2.83. The summed E-state index contributed by atoms with van der Waals surface area (Å²) in [5, 5.41) is 0.648. The summed E-state index contributed by atoms with van der Waals surface area (Å²) in [5.74, 6) is -0.0958. The zero-order chi connectivity index (χ0) is 14.8. The highest BCUT2D eigenvalue weighted by molar-refractivity contribution is 6.30. The number of benzene rings is 2. The van der Waals surface area contributed by atoms with Gasteiger partial charge in [0.25, 0.3) is 0 Å². The molecule has 0 saturated heterocycles. The van der Waals surface area contributed by atoms with Crippen molar-refractivity contribution in [3.05, 3.63) is 75.9 Å². The fourth-order valence-corrected chi connectivity index (χ4v) is 2.18. The SMILES string of the molecule is Cc1ccccc1C1=N/C(=C\c2ccc(Cl)cc2)C(=O)O1. The number of rotatable bonds is 2. The molecule has 0 atom stereocenters. The molecule has 0 unspecified atom stereocenters. The van der Waals surface area contributed by atoms with E-state index < -0.39 is 5.97 Å². The third-order valence-electron chi connectivity index (χ3n) is 3.17. The van der Waals surface area contributed by atoms with Gasteiger partial charge in [0.1, 0.15) is 0 Å². The maximum Gasteiger partial charge on any atom is 0.363 e. The summed E-state index contributed by atoms with van der Waals surface area (Å²) in [6.07, 6.45) is 1.68. The molecule has 104 valence electrons. The number of hydrogen-bond acceptors (Lipinski definition) is 3. The first kappa shape index (κ1) is 13.6. The maximum atomic E-state index is 11.9. The summed E-state index contributed by atoms with van der Waals surface area (Å²) in [5.41, 5.74) is 2.97. The van der Waals surface area contributed by atoms with Crippen molar-refractivity contribution >= 4 is 29.5 Å². The van der Waals surface area contributed by atoms with E-state index in [2.05, 4.69) is 4.99 Å². The van der Waals surface area contributed by atoms with Crippen molar-refractivity contribution in [1.82, 2.24) is 0 Å². The molecule has 2 aromatic rings. The molecule has 0 aromatic heterocycles. The van der Waals surface area contributed by atoms with Crippen molar-refractivity contribution in [2.24, 2.45) is 4.99 Å². The Morgan fingerprint density at radius 3 is 2.52 bits per heavy atom. The molecule has 0 amide bonds. The Balaban J connectivity index is 1.96. The normalized spacial score (nSPS) is 16.0. The molecule has 0 N–H and O–H groups in total. The van der Waals surface area contributed by atoms with Gasteiger partial charge in [-0.25, -0.2) is 9.79 Å². The molecule has 0 spiro atoms. The van der Waals surface area contributed by atoms with Crippen LogP contribution in [0, 0.1) is 6.92 Å². The number of nitrogens with zero attached hydrogens (tertiary/aromatic N) is 1. The second-order valence-corrected chi connectivity index (χ2v) is 5.14. The van der Waals surface area contributed by atoms with Gasteiger partial charge in [0.15, 0.2) is 5.70 Å². The van der Waals surface area contributed by atoms with Gasteiger partial charge in [-0.2, -0.15) is 0 Å². The highest BCUT2D eigenvalue weighted by Gasteiger charge is 2.24. The first-order valence-corrected chi connectivity index (χ1v) is 6.85. The van der Waals surface area contributed by atoms with Crippen LogP contribution in [0.2, 0.25) is 5.02 Å². The van der Waals surface area contributed by atoms with Crippen LogP contribution in [-0.2, 0) is 9.53 Å². The summed E-state index contributed by atoms with van der Waals surface area (Å²) >= 11 is 5.84. The summed E-state index contributed by atoms with van der Waals surface area (Å²) in [7, 11) is 0. The van der Waals surface area contributed by atoms with Crippen LogP contribution in [0.5, 0.6) is 0 Å². The third kappa shape index (κ3) is 2.88. The molecule has 0 bridgehead atoms. The molecular formula is C17H12ClNO2. The predicted octanol–water partition coefficient (Wildman–Crippen LogP) is 3.99. The predicted molar refractivity (Wildman–Crippen MR) is 83.2 cm³/mol. The van der Waals surface area contributed by atoms with Crippen LogP contribution in [0.1, 0.15) is 16.7 Å². The Kier molecular flexibility index (Phi) is 3.59. The van der Waals surface area contributed by atoms with Crippen LogP contribution in [0.15, 0.2) is 59.2 Å². The minimum atomic E-state index is -0.441. The minimum Gasteiger partial charge on any atom is -0.402 e. The molecule has 2 aromatic carbocycles. The number of aliphatic imine (C=N–C) groups is 1. The van der Waals surface area contributed by atoms with E-state index in [9.17, 15) is 4.79 Å². The smallest absolute Gasteiger partial charge is 0.363 e. The standard InChI is InChI=1S/C17H12ClNO2/c1-11-4-2-3-5-14(11)16-19-15(17(20)21-16)10-12-6-8-13(18)9-7-12/h2-10H,1H3/b15-10-. The van der Waals surface area contributed by atoms with E-state index in [0.29, 0.717) is 10.9 Å². The fourth-order valence-electron chi connectivity index (χ4n) is 2.05. The lowest BCUT2D eigenvalue weighted by molar-refractivity contribution is -0.129. The quantitative estimate of drug-likeness (QED) is 0.621. The van der Waals surface area contributed by atoms with Gasteiger partial charge in [-0.3, -0.25) is 0 Å². The van der Waals surface area contributed by atoms with E-state index in [4.69, 9.17) is 16.3 Å². The van der Waals surface area contributed by atoms with Crippen LogP contribution >= 0.6 is 11.6 Å². The van der Waals surface area contributed by atoms with Crippen LogP contribution < -0.4 is 0 Å². The number of carbonyl (C=O) groups is 1. The number of carbonyl (C=O) groups excluding carboxylic acids is 1. The molecule has 1 aliphatic rings. The molecule has 4 heteroatoms. The van der Waals surface area contributed by atoms with E-state index in [1.165, 1.54) is 0 Å². The largest absolute Gasteiger partial charge is 0.402 e. The minimum absolute atomic E-state index is 0.288. The lowest BCUT2D eigenvalue weighted by atomic mass is 10.1. The average molecular weight is 298 g/mol. The number of aryl methyl sites for hydroxylation is 1. The van der Waals surface area contributed by atoms with Crippen LogP contribution in [0.3, 0.4) is 0 Å². The van der Waals surface area contributed by atoms with E-state index in [0.717, 1.165) is 16.7 Å². The summed E-state index contributed by atoms with van der Waals surface area (Å²) in [6.45, 7) is 1.95. The van der Waals surface area contributed by atoms with E-state index in [1.807, 2.05) is 43.3 Å². The molecule has 0 fully saturated rings. The second kappa shape index (κ2) is 5.54. The van der Waals surface area contributed by atoms with Crippen LogP contribution in [-0.4, -0.2) is 11.9 Å². The Labute approximate surface area is 127 Å². The Morgan fingerprint density at radius 2 is 1.81 bits per heavy atom. The van der Waals surface area contributed by atoms with Gasteiger partial charge < -0.3 is 4.74 Å². The molecule has 1 heterocycles. The first-order chi connectivity index (χ1) is 10.1. The van der Waals surface area contributed by atoms with Gasteiger partial charge in [-0.1, -0.05) is 41.9 Å². The number of cyclic esters (lactones) is 1. The van der Waals surface area contributed by atoms with Gasteiger partial charge in [0.2, 0.25) is 5.90 Å². The summed E-state index contributed by atoms with van der Waals surface area (Å²) in [4.78, 5) is 16.2. The van der Waals surface area contributed by atoms with Crippen molar-refractivity contribution in [2.75, 3.05) is 0 Å². The number of ether oxygens (including phenoxy) is 1. The molecule has 1 aliphatic heterocycles. The van der Waals surface area contributed by atoms with Gasteiger partial charge in [-0.05, 0) is 42.3 Å². The molecule has 0 saturated carbocycles.